The van der Waals surface area contributed by atoms with E-state index in [1.165, 1.54) is 35.5 Å². The molecule has 0 saturated carbocycles. The van der Waals surface area contributed by atoms with Crippen LogP contribution in [-0.2, 0) is 12.8 Å². The molecule has 3 heterocycles. The van der Waals surface area contributed by atoms with E-state index in [1.807, 2.05) is 18.3 Å². The van der Waals surface area contributed by atoms with Crippen LogP contribution in [0.25, 0.3) is 5.69 Å². The largest absolute Gasteiger partial charge is 0.370 e. The fourth-order valence-electron chi connectivity index (χ4n) is 3.73. The minimum absolute atomic E-state index is 0.455. The molecule has 0 bridgehead atoms. The minimum Gasteiger partial charge on any atom is -0.370 e. The molecule has 26 heavy (non-hydrogen) atoms. The fraction of sp³-hybridized carbons (Fsp3) is 0.364. The van der Waals surface area contributed by atoms with Crippen LogP contribution in [0.15, 0.2) is 48.7 Å². The number of aromatic nitrogens is 3. The Morgan fingerprint density at radius 3 is 2.73 bits per heavy atom. The molecule has 0 amide bonds. The lowest BCUT2D eigenvalue weighted by Gasteiger charge is -2.15. The number of hydrogen-bond acceptors (Lipinski definition) is 3. The van der Waals surface area contributed by atoms with Gasteiger partial charge in [-0.05, 0) is 48.9 Å². The van der Waals surface area contributed by atoms with Crippen molar-refractivity contribution < 1.29 is 0 Å². The average Bonchev–Trinajstić information content (AvgIpc) is 2.83. The van der Waals surface area contributed by atoms with Crippen LogP contribution in [0.5, 0.6) is 0 Å². The molecule has 0 unspecified atom stereocenters. The Morgan fingerprint density at radius 1 is 1.08 bits per heavy atom. The normalized spacial score (nSPS) is 14.0. The Labute approximate surface area is 155 Å². The topological polar surface area (TPSA) is 42.7 Å². The molecule has 134 valence electrons. The number of hydrogen-bond donors (Lipinski definition) is 1. The summed E-state index contributed by atoms with van der Waals surface area (Å²) in [6, 6.07) is 14.7. The summed E-state index contributed by atoms with van der Waals surface area (Å²) >= 11 is 0. The van der Waals surface area contributed by atoms with Gasteiger partial charge < -0.3 is 5.32 Å². The van der Waals surface area contributed by atoms with E-state index < -0.39 is 0 Å². The van der Waals surface area contributed by atoms with Crippen molar-refractivity contribution in [3.63, 3.8) is 0 Å². The first-order valence-electron chi connectivity index (χ1n) is 9.58. The number of para-hydroxylation sites is 1. The van der Waals surface area contributed by atoms with E-state index in [9.17, 15) is 0 Å². The summed E-state index contributed by atoms with van der Waals surface area (Å²) in [5.41, 5.74) is 6.08. The van der Waals surface area contributed by atoms with Crippen molar-refractivity contribution in [2.75, 3.05) is 11.9 Å². The summed E-state index contributed by atoms with van der Waals surface area (Å²) in [5.74, 6) is 1.62. The molecule has 4 rings (SSSR count). The van der Waals surface area contributed by atoms with Gasteiger partial charge in [-0.25, -0.2) is 4.68 Å². The zero-order valence-electron chi connectivity index (χ0n) is 15.6. The number of rotatable bonds is 4. The molecule has 0 radical (unpaired) electrons. The molecule has 1 aliphatic rings. The smallest absolute Gasteiger partial charge is 0.133 e. The zero-order chi connectivity index (χ0) is 17.9. The van der Waals surface area contributed by atoms with Crippen LogP contribution in [0.4, 0.5) is 5.82 Å². The third-order valence-electron chi connectivity index (χ3n) is 5.07. The van der Waals surface area contributed by atoms with Crippen LogP contribution in [-0.4, -0.2) is 21.3 Å². The number of nitrogens with zero attached hydrogens (tertiary/aromatic N) is 3. The third kappa shape index (κ3) is 3.24. The van der Waals surface area contributed by atoms with Gasteiger partial charge >= 0.3 is 0 Å². The Balaban J connectivity index is 1.83. The van der Waals surface area contributed by atoms with Crippen LogP contribution < -0.4 is 5.32 Å². The van der Waals surface area contributed by atoms with E-state index in [2.05, 4.69) is 59.2 Å². The molecule has 1 aromatic carbocycles. The van der Waals surface area contributed by atoms with Gasteiger partial charge in [-0.2, -0.15) is 5.10 Å². The Hall–Kier alpha value is -2.62. The van der Waals surface area contributed by atoms with E-state index in [1.54, 1.807) is 0 Å². The van der Waals surface area contributed by atoms with Gasteiger partial charge in [0.05, 0.1) is 11.4 Å². The molecule has 4 heteroatoms. The molecule has 0 fully saturated rings. The molecule has 0 saturated heterocycles. The van der Waals surface area contributed by atoms with Crippen molar-refractivity contribution in [1.82, 2.24) is 14.8 Å². The summed E-state index contributed by atoms with van der Waals surface area (Å²) in [7, 11) is 0. The molecule has 1 N–H and O–H groups in total. The van der Waals surface area contributed by atoms with Crippen molar-refractivity contribution in [1.29, 1.82) is 0 Å². The van der Waals surface area contributed by atoms with E-state index in [0.717, 1.165) is 30.8 Å². The summed E-state index contributed by atoms with van der Waals surface area (Å²) in [4.78, 5) is 4.50. The Kier molecular flexibility index (Phi) is 4.74. The number of nitrogens with one attached hydrogen (secondary N) is 1. The quantitative estimate of drug-likeness (QED) is 0.742. The van der Waals surface area contributed by atoms with Crippen LogP contribution in [0.3, 0.4) is 0 Å². The maximum absolute atomic E-state index is 5.06. The molecule has 0 atom stereocenters. The molecule has 4 nitrogen and oxygen atoms in total. The highest BCUT2D eigenvalue weighted by Crippen LogP contribution is 2.32. The lowest BCUT2D eigenvalue weighted by Crippen LogP contribution is -2.09. The first-order valence-corrected chi connectivity index (χ1v) is 9.58. The van der Waals surface area contributed by atoms with Gasteiger partial charge in [-0.1, -0.05) is 38.1 Å². The van der Waals surface area contributed by atoms with Crippen LogP contribution in [0.2, 0.25) is 0 Å². The maximum atomic E-state index is 5.06. The van der Waals surface area contributed by atoms with E-state index in [4.69, 9.17) is 5.10 Å². The van der Waals surface area contributed by atoms with Gasteiger partial charge in [0.1, 0.15) is 5.82 Å². The first kappa shape index (κ1) is 16.8. The lowest BCUT2D eigenvalue weighted by molar-refractivity contribution is 0.760. The fourth-order valence-corrected chi connectivity index (χ4v) is 3.73. The molecule has 0 spiro atoms. The van der Waals surface area contributed by atoms with E-state index in [-0.39, 0.29) is 0 Å². The van der Waals surface area contributed by atoms with Crippen molar-refractivity contribution >= 4 is 5.82 Å². The zero-order valence-corrected chi connectivity index (χ0v) is 15.6. The molecular formula is C22H26N4. The lowest BCUT2D eigenvalue weighted by atomic mass is 10.0. The van der Waals surface area contributed by atoms with Crippen LogP contribution in [0.1, 0.15) is 55.1 Å². The van der Waals surface area contributed by atoms with E-state index >= 15 is 0 Å². The predicted molar refractivity (Wildman–Crippen MR) is 106 cm³/mol. The maximum Gasteiger partial charge on any atom is 0.133 e. The second kappa shape index (κ2) is 7.32. The summed E-state index contributed by atoms with van der Waals surface area (Å²) < 4.78 is 2.13. The number of fused-ring (bicyclic) bond motifs is 1. The molecule has 3 aromatic rings. The van der Waals surface area contributed by atoms with Gasteiger partial charge in [0, 0.05) is 30.4 Å². The second-order valence-corrected chi connectivity index (χ2v) is 7.28. The number of anilines is 1. The highest BCUT2D eigenvalue weighted by molar-refractivity contribution is 5.57. The van der Waals surface area contributed by atoms with Gasteiger partial charge in [-0.3, -0.25) is 4.98 Å². The second-order valence-electron chi connectivity index (χ2n) is 7.28. The van der Waals surface area contributed by atoms with Gasteiger partial charge in [-0.15, -0.1) is 0 Å². The molecule has 2 aromatic heterocycles. The van der Waals surface area contributed by atoms with Gasteiger partial charge in [0.15, 0.2) is 0 Å². The Morgan fingerprint density at radius 2 is 1.92 bits per heavy atom. The molecule has 1 aliphatic heterocycles. The number of pyridine rings is 1. The van der Waals surface area contributed by atoms with Gasteiger partial charge in [0.2, 0.25) is 0 Å². The van der Waals surface area contributed by atoms with Crippen molar-refractivity contribution in [2.24, 2.45) is 0 Å². The first-order chi connectivity index (χ1) is 12.7. The Bertz CT molecular complexity index is 880. The highest BCUT2D eigenvalue weighted by atomic mass is 15.3. The number of benzene rings is 1. The van der Waals surface area contributed by atoms with E-state index in [0.29, 0.717) is 5.92 Å². The van der Waals surface area contributed by atoms with Crippen molar-refractivity contribution in [2.45, 2.75) is 45.4 Å². The summed E-state index contributed by atoms with van der Waals surface area (Å²) in [6.45, 7) is 5.48. The highest BCUT2D eigenvalue weighted by Gasteiger charge is 2.22. The van der Waals surface area contributed by atoms with Crippen LogP contribution >= 0.6 is 0 Å². The van der Waals surface area contributed by atoms with Gasteiger partial charge in [0.25, 0.3) is 0 Å². The molecule has 0 aliphatic carbocycles. The molecular weight excluding hydrogens is 320 g/mol. The average molecular weight is 346 g/mol. The monoisotopic (exact) mass is 346 g/mol. The third-order valence-corrected chi connectivity index (χ3v) is 5.07. The van der Waals surface area contributed by atoms with Crippen molar-refractivity contribution in [3.8, 4) is 5.69 Å². The standard InChI is InChI=1S/C22H26N4/c1-16(2)18-10-3-4-12-21(18)26-22-19(11-6-8-14-24-22)20(25-26)15-17-9-5-7-13-23-17/h3-5,7,9-10,12-13,16,24H,6,8,11,14-15H2,1-2H3. The van der Waals surface area contributed by atoms with Crippen molar-refractivity contribution in [3.05, 3.63) is 71.2 Å². The predicted octanol–water partition coefficient (Wildman–Crippen LogP) is 4.73. The summed E-state index contributed by atoms with van der Waals surface area (Å²) in [5, 5.41) is 8.70. The SMILES string of the molecule is CC(C)c1ccccc1-n1nc(Cc2ccccn2)c2c1NCCCC2. The minimum atomic E-state index is 0.455. The summed E-state index contributed by atoms with van der Waals surface area (Å²) in [6.07, 6.45) is 6.11. The van der Waals surface area contributed by atoms with Crippen LogP contribution in [0, 0.1) is 0 Å².